The third-order valence-electron chi connectivity index (χ3n) is 4.58. The number of halogens is 2. The maximum atomic E-state index is 12.6. The highest BCUT2D eigenvalue weighted by molar-refractivity contribution is 6.42. The van der Waals surface area contributed by atoms with Gasteiger partial charge in [-0.3, -0.25) is 9.59 Å². The summed E-state index contributed by atoms with van der Waals surface area (Å²) in [5.41, 5.74) is 1.41. The van der Waals surface area contributed by atoms with Crippen molar-refractivity contribution in [2.75, 3.05) is 33.3 Å². The lowest BCUT2D eigenvalue weighted by molar-refractivity contribution is -0.131. The molecule has 0 spiro atoms. The molecular formula is C20H20Cl2N2O3. The van der Waals surface area contributed by atoms with E-state index >= 15 is 0 Å². The Bertz CT molecular complexity index is 849. The number of ether oxygens (including phenoxy) is 1. The highest BCUT2D eigenvalue weighted by Crippen LogP contribution is 2.23. The molecular weight excluding hydrogens is 387 g/mol. The molecule has 0 aromatic heterocycles. The van der Waals surface area contributed by atoms with Crippen molar-refractivity contribution in [2.45, 2.75) is 6.42 Å². The van der Waals surface area contributed by atoms with Crippen LogP contribution in [0.25, 0.3) is 0 Å². The van der Waals surface area contributed by atoms with Crippen molar-refractivity contribution in [3.63, 3.8) is 0 Å². The van der Waals surface area contributed by atoms with Crippen molar-refractivity contribution in [3.8, 4) is 5.75 Å². The fourth-order valence-corrected chi connectivity index (χ4v) is 3.35. The Morgan fingerprint density at radius 2 is 1.67 bits per heavy atom. The minimum Gasteiger partial charge on any atom is -0.497 e. The van der Waals surface area contributed by atoms with Gasteiger partial charge in [0, 0.05) is 31.7 Å². The molecule has 1 saturated heterocycles. The summed E-state index contributed by atoms with van der Waals surface area (Å²) in [7, 11) is 1.57. The zero-order chi connectivity index (χ0) is 19.4. The Hall–Kier alpha value is -2.24. The highest BCUT2D eigenvalue weighted by Gasteiger charge is 2.25. The molecule has 2 aromatic carbocycles. The van der Waals surface area contributed by atoms with E-state index < -0.39 is 0 Å². The fourth-order valence-electron chi connectivity index (χ4n) is 3.03. The number of amides is 2. The van der Waals surface area contributed by atoms with E-state index in [9.17, 15) is 9.59 Å². The predicted octanol–water partition coefficient (Wildman–Crippen LogP) is 3.53. The van der Waals surface area contributed by atoms with Crippen molar-refractivity contribution < 1.29 is 14.3 Å². The molecule has 3 rings (SSSR count). The molecule has 27 heavy (non-hydrogen) atoms. The molecule has 7 heteroatoms. The second-order valence-corrected chi connectivity index (χ2v) is 7.14. The molecule has 0 atom stereocenters. The number of benzene rings is 2. The zero-order valence-electron chi connectivity index (χ0n) is 15.0. The van der Waals surface area contributed by atoms with Gasteiger partial charge in [-0.25, -0.2) is 0 Å². The number of hydrogen-bond donors (Lipinski definition) is 0. The van der Waals surface area contributed by atoms with Crippen LogP contribution in [0.3, 0.4) is 0 Å². The van der Waals surface area contributed by atoms with Gasteiger partial charge in [0.05, 0.1) is 23.6 Å². The van der Waals surface area contributed by atoms with Gasteiger partial charge in [-0.2, -0.15) is 0 Å². The van der Waals surface area contributed by atoms with Gasteiger partial charge < -0.3 is 14.5 Å². The van der Waals surface area contributed by atoms with Crippen LogP contribution in [-0.2, 0) is 11.2 Å². The fraction of sp³-hybridized carbons (Fsp3) is 0.300. The first kappa shape index (κ1) is 19.5. The first-order chi connectivity index (χ1) is 13.0. The lowest BCUT2D eigenvalue weighted by Gasteiger charge is -2.35. The summed E-state index contributed by atoms with van der Waals surface area (Å²) in [6, 6.07) is 12.3. The lowest BCUT2D eigenvalue weighted by Crippen LogP contribution is -2.51. The van der Waals surface area contributed by atoms with Crippen LogP contribution in [-0.4, -0.2) is 54.9 Å². The van der Waals surface area contributed by atoms with E-state index in [1.165, 1.54) is 0 Å². The van der Waals surface area contributed by atoms with E-state index in [1.807, 2.05) is 0 Å². The SMILES string of the molecule is COc1cccc(C(=O)N2CCN(C(=O)Cc3ccc(Cl)c(Cl)c3)CC2)c1. The van der Waals surface area contributed by atoms with Gasteiger partial charge >= 0.3 is 0 Å². The van der Waals surface area contributed by atoms with Crippen LogP contribution in [0.4, 0.5) is 0 Å². The van der Waals surface area contributed by atoms with Crippen LogP contribution in [0, 0.1) is 0 Å². The Morgan fingerprint density at radius 3 is 2.33 bits per heavy atom. The Balaban J connectivity index is 1.56. The van der Waals surface area contributed by atoms with E-state index in [4.69, 9.17) is 27.9 Å². The van der Waals surface area contributed by atoms with Gasteiger partial charge in [0.15, 0.2) is 0 Å². The van der Waals surface area contributed by atoms with Crippen molar-refractivity contribution in [2.24, 2.45) is 0 Å². The highest BCUT2D eigenvalue weighted by atomic mass is 35.5. The Kier molecular flexibility index (Phi) is 6.24. The predicted molar refractivity (Wildman–Crippen MR) is 106 cm³/mol. The molecule has 142 valence electrons. The van der Waals surface area contributed by atoms with Crippen molar-refractivity contribution in [1.29, 1.82) is 0 Å². The van der Waals surface area contributed by atoms with Crippen LogP contribution in [0.1, 0.15) is 15.9 Å². The quantitative estimate of drug-likeness (QED) is 0.779. The number of hydrogen-bond acceptors (Lipinski definition) is 3. The van der Waals surface area contributed by atoms with E-state index in [2.05, 4.69) is 0 Å². The third kappa shape index (κ3) is 4.73. The van der Waals surface area contributed by atoms with Crippen LogP contribution < -0.4 is 4.74 Å². The first-order valence-corrected chi connectivity index (χ1v) is 9.38. The third-order valence-corrected chi connectivity index (χ3v) is 5.31. The molecule has 5 nitrogen and oxygen atoms in total. The first-order valence-electron chi connectivity index (χ1n) is 8.63. The maximum Gasteiger partial charge on any atom is 0.254 e. The molecule has 1 heterocycles. The monoisotopic (exact) mass is 406 g/mol. The molecule has 2 amide bonds. The molecule has 1 aliphatic heterocycles. The molecule has 2 aromatic rings. The normalized spacial score (nSPS) is 14.2. The zero-order valence-corrected chi connectivity index (χ0v) is 16.5. The van der Waals surface area contributed by atoms with Gasteiger partial charge in [-0.05, 0) is 35.9 Å². The number of methoxy groups -OCH3 is 1. The smallest absolute Gasteiger partial charge is 0.254 e. The largest absolute Gasteiger partial charge is 0.497 e. The van der Waals surface area contributed by atoms with Gasteiger partial charge in [0.1, 0.15) is 5.75 Å². The van der Waals surface area contributed by atoms with E-state index in [-0.39, 0.29) is 18.2 Å². The van der Waals surface area contributed by atoms with Gasteiger partial charge in [0.25, 0.3) is 5.91 Å². The Morgan fingerprint density at radius 1 is 0.963 bits per heavy atom. The molecule has 1 aliphatic rings. The lowest BCUT2D eigenvalue weighted by atomic mass is 10.1. The molecule has 0 saturated carbocycles. The second kappa shape index (κ2) is 8.63. The number of carbonyl (C=O) groups is 2. The average Bonchev–Trinajstić information content (AvgIpc) is 2.70. The summed E-state index contributed by atoms with van der Waals surface area (Å²) in [6.45, 7) is 2.03. The molecule has 1 fully saturated rings. The summed E-state index contributed by atoms with van der Waals surface area (Å²) in [6.07, 6.45) is 0.265. The van der Waals surface area contributed by atoms with Gasteiger partial charge in [-0.1, -0.05) is 35.3 Å². The standard InChI is InChI=1S/C20H20Cl2N2O3/c1-27-16-4-2-3-15(13-16)20(26)24-9-7-23(8-10-24)19(25)12-14-5-6-17(21)18(22)11-14/h2-6,11,13H,7-10,12H2,1H3. The summed E-state index contributed by atoms with van der Waals surface area (Å²) in [4.78, 5) is 28.7. The number of carbonyl (C=O) groups excluding carboxylic acids is 2. The van der Waals surface area contributed by atoms with Crippen molar-refractivity contribution >= 4 is 35.0 Å². The van der Waals surface area contributed by atoms with Crippen LogP contribution >= 0.6 is 23.2 Å². The Labute approximate surface area is 168 Å². The summed E-state index contributed by atoms with van der Waals surface area (Å²) in [5, 5.41) is 0.910. The maximum absolute atomic E-state index is 12.6. The minimum absolute atomic E-state index is 0.0156. The van der Waals surface area contributed by atoms with E-state index in [1.54, 1.807) is 59.4 Å². The second-order valence-electron chi connectivity index (χ2n) is 6.33. The molecule has 0 radical (unpaired) electrons. The van der Waals surface area contributed by atoms with E-state index in [0.29, 0.717) is 47.5 Å². The molecule has 0 bridgehead atoms. The number of piperazine rings is 1. The topological polar surface area (TPSA) is 49.9 Å². The van der Waals surface area contributed by atoms with E-state index in [0.717, 1.165) is 5.56 Å². The van der Waals surface area contributed by atoms with Crippen molar-refractivity contribution in [1.82, 2.24) is 9.80 Å². The van der Waals surface area contributed by atoms with Crippen LogP contribution in [0.5, 0.6) is 5.75 Å². The number of rotatable bonds is 4. The average molecular weight is 407 g/mol. The van der Waals surface area contributed by atoms with Crippen LogP contribution in [0.2, 0.25) is 10.0 Å². The van der Waals surface area contributed by atoms with Gasteiger partial charge in [0.2, 0.25) is 5.91 Å². The molecule has 0 aliphatic carbocycles. The summed E-state index contributed by atoms with van der Waals surface area (Å²) >= 11 is 11.9. The molecule has 0 N–H and O–H groups in total. The minimum atomic E-state index is -0.0505. The summed E-state index contributed by atoms with van der Waals surface area (Å²) < 4.78 is 5.17. The van der Waals surface area contributed by atoms with Crippen molar-refractivity contribution in [3.05, 3.63) is 63.6 Å². The van der Waals surface area contributed by atoms with Crippen LogP contribution in [0.15, 0.2) is 42.5 Å². The number of nitrogens with zero attached hydrogens (tertiary/aromatic N) is 2. The molecule has 0 unspecified atom stereocenters. The van der Waals surface area contributed by atoms with Gasteiger partial charge in [-0.15, -0.1) is 0 Å². The summed E-state index contributed by atoms with van der Waals surface area (Å²) in [5.74, 6) is 0.614.